The number of benzene rings is 2. The van der Waals surface area contributed by atoms with Crippen molar-refractivity contribution in [1.82, 2.24) is 19.9 Å². The molecule has 5 aromatic rings. The van der Waals surface area contributed by atoms with Crippen LogP contribution in [0, 0.1) is 11.6 Å². The van der Waals surface area contributed by atoms with Crippen LogP contribution >= 0.6 is 0 Å². The summed E-state index contributed by atoms with van der Waals surface area (Å²) < 4.78 is 25.6. The van der Waals surface area contributed by atoms with Crippen LogP contribution in [0.3, 0.4) is 0 Å². The highest BCUT2D eigenvalue weighted by Gasteiger charge is 2.16. The molecule has 5 rings (SSSR count). The van der Waals surface area contributed by atoms with E-state index in [1.165, 1.54) is 31.2 Å². The minimum Gasteiger partial charge on any atom is -0.306 e. The van der Waals surface area contributed by atoms with Crippen LogP contribution in [0.5, 0.6) is 0 Å². The zero-order valence-corrected chi connectivity index (χ0v) is 19.9. The van der Waals surface area contributed by atoms with Crippen LogP contribution in [0.1, 0.15) is 12.5 Å². The number of carbonyl (C=O) groups excluding carboxylic acids is 1. The van der Waals surface area contributed by atoms with Crippen molar-refractivity contribution in [2.45, 2.75) is 13.3 Å². The van der Waals surface area contributed by atoms with Gasteiger partial charge in [-0.15, -0.1) is 0 Å². The fourth-order valence-electron chi connectivity index (χ4n) is 3.60. The Hall–Kier alpha value is -4.85. The highest BCUT2D eigenvalue weighted by molar-refractivity contribution is 5.81. The van der Waals surface area contributed by atoms with Gasteiger partial charge in [-0.3, -0.25) is 19.6 Å². The second kappa shape index (κ2) is 11.7. The Morgan fingerprint density at radius 3 is 1.89 bits per heavy atom. The van der Waals surface area contributed by atoms with Crippen molar-refractivity contribution in [1.29, 1.82) is 0 Å². The molecule has 0 aliphatic rings. The van der Waals surface area contributed by atoms with E-state index in [1.807, 2.05) is 12.1 Å². The number of halogens is 2. The fourth-order valence-corrected chi connectivity index (χ4v) is 3.60. The van der Waals surface area contributed by atoms with Crippen molar-refractivity contribution in [2.75, 3.05) is 0 Å². The first-order valence-electron chi connectivity index (χ1n) is 11.4. The molecule has 0 fully saturated rings. The van der Waals surface area contributed by atoms with Gasteiger partial charge in [-0.1, -0.05) is 24.3 Å². The molecule has 184 valence electrons. The summed E-state index contributed by atoms with van der Waals surface area (Å²) in [6, 6.07) is 18.9. The van der Waals surface area contributed by atoms with Crippen LogP contribution < -0.4 is 5.56 Å². The van der Waals surface area contributed by atoms with Crippen LogP contribution in [0.25, 0.3) is 33.8 Å². The average molecular weight is 497 g/mol. The van der Waals surface area contributed by atoms with Gasteiger partial charge in [0, 0.05) is 42.3 Å². The standard InChI is InChI=1S/C20H13FN4O.C9H9FO/c21-16-7-5-13(6-8-16)17-18(14-3-1-9-22-11-14)24-19(25-20(17)26)15-4-2-10-23-12-15;1-7(11)6-8-2-4-9(10)5-3-8/h1-12H,(H,24,25,26);2-5H,6H2,1H3. The summed E-state index contributed by atoms with van der Waals surface area (Å²) in [6.07, 6.45) is 6.96. The summed E-state index contributed by atoms with van der Waals surface area (Å²) >= 11 is 0. The molecular weight excluding hydrogens is 474 g/mol. The maximum Gasteiger partial charge on any atom is 0.259 e. The quantitative estimate of drug-likeness (QED) is 0.339. The van der Waals surface area contributed by atoms with Gasteiger partial charge in [-0.05, 0) is 66.6 Å². The molecule has 0 aliphatic carbocycles. The van der Waals surface area contributed by atoms with Gasteiger partial charge in [0.05, 0.1) is 11.3 Å². The number of pyridine rings is 2. The van der Waals surface area contributed by atoms with Crippen molar-refractivity contribution >= 4 is 5.78 Å². The number of ketones is 1. The zero-order valence-electron chi connectivity index (χ0n) is 19.9. The number of hydrogen-bond donors (Lipinski definition) is 1. The Morgan fingerprint density at radius 2 is 1.35 bits per heavy atom. The number of aromatic nitrogens is 4. The summed E-state index contributed by atoms with van der Waals surface area (Å²) in [4.78, 5) is 39.1. The van der Waals surface area contributed by atoms with E-state index in [4.69, 9.17) is 0 Å². The predicted octanol–water partition coefficient (Wildman–Crippen LogP) is 5.66. The SMILES string of the molecule is CC(=O)Cc1ccc(F)cc1.O=c1[nH]c(-c2cccnc2)nc(-c2cccnc2)c1-c1ccc(F)cc1. The molecule has 0 radical (unpaired) electrons. The molecule has 6 nitrogen and oxygen atoms in total. The zero-order chi connectivity index (χ0) is 26.2. The van der Waals surface area contributed by atoms with Gasteiger partial charge < -0.3 is 4.98 Å². The minimum absolute atomic E-state index is 0.0941. The average Bonchev–Trinajstić information content (AvgIpc) is 2.91. The predicted molar refractivity (Wildman–Crippen MR) is 137 cm³/mol. The Kier molecular flexibility index (Phi) is 8.00. The molecule has 0 bridgehead atoms. The summed E-state index contributed by atoms with van der Waals surface area (Å²) in [7, 11) is 0. The second-order valence-corrected chi connectivity index (χ2v) is 8.13. The molecule has 1 N–H and O–H groups in total. The van der Waals surface area contributed by atoms with Crippen LogP contribution in [0.4, 0.5) is 8.78 Å². The molecule has 0 spiro atoms. The Labute approximate surface area is 211 Å². The number of nitrogens with one attached hydrogen (secondary N) is 1. The number of carbonyl (C=O) groups is 1. The summed E-state index contributed by atoms with van der Waals surface area (Å²) in [5, 5.41) is 0. The number of aromatic amines is 1. The van der Waals surface area contributed by atoms with E-state index >= 15 is 0 Å². The minimum atomic E-state index is -0.368. The van der Waals surface area contributed by atoms with Crippen LogP contribution in [-0.2, 0) is 11.2 Å². The van der Waals surface area contributed by atoms with E-state index in [1.54, 1.807) is 61.2 Å². The summed E-state index contributed by atoms with van der Waals surface area (Å²) in [6.45, 7) is 1.52. The van der Waals surface area contributed by atoms with Crippen LogP contribution in [0.2, 0.25) is 0 Å². The Morgan fingerprint density at radius 1 is 0.784 bits per heavy atom. The van der Waals surface area contributed by atoms with E-state index < -0.39 is 0 Å². The first-order chi connectivity index (χ1) is 17.9. The van der Waals surface area contributed by atoms with Crippen molar-refractivity contribution in [2.24, 2.45) is 0 Å². The maximum atomic E-state index is 13.3. The molecule has 0 unspecified atom stereocenters. The third kappa shape index (κ3) is 6.64. The molecule has 0 saturated heterocycles. The van der Waals surface area contributed by atoms with Crippen molar-refractivity contribution < 1.29 is 13.6 Å². The van der Waals surface area contributed by atoms with Gasteiger partial charge in [0.1, 0.15) is 23.2 Å². The molecular formula is C29H22F2N4O2. The highest BCUT2D eigenvalue weighted by Crippen LogP contribution is 2.28. The molecule has 3 heterocycles. The number of H-pyrrole nitrogens is 1. The third-order valence-electron chi connectivity index (χ3n) is 5.29. The van der Waals surface area contributed by atoms with Gasteiger partial charge in [-0.2, -0.15) is 0 Å². The van der Waals surface area contributed by atoms with Gasteiger partial charge >= 0.3 is 0 Å². The number of rotatable bonds is 5. The lowest BCUT2D eigenvalue weighted by Gasteiger charge is -2.11. The number of nitrogens with zero attached hydrogens (tertiary/aromatic N) is 3. The first-order valence-corrected chi connectivity index (χ1v) is 11.4. The van der Waals surface area contributed by atoms with E-state index in [0.717, 1.165) is 5.56 Å². The lowest BCUT2D eigenvalue weighted by atomic mass is 10.0. The normalized spacial score (nSPS) is 10.4. The first kappa shape index (κ1) is 25.2. The summed E-state index contributed by atoms with van der Waals surface area (Å²) in [5.41, 5.74) is 3.36. The largest absolute Gasteiger partial charge is 0.306 e. The smallest absolute Gasteiger partial charge is 0.259 e. The number of Topliss-reactive ketones (excluding diaryl/α,β-unsaturated/α-hetero) is 1. The van der Waals surface area contributed by atoms with Crippen molar-refractivity contribution in [3.63, 3.8) is 0 Å². The van der Waals surface area contributed by atoms with Gasteiger partial charge in [0.15, 0.2) is 0 Å². The van der Waals surface area contributed by atoms with E-state index in [-0.39, 0.29) is 23.0 Å². The lowest BCUT2D eigenvalue weighted by Crippen LogP contribution is -2.14. The van der Waals surface area contributed by atoms with Gasteiger partial charge in [-0.25, -0.2) is 13.8 Å². The molecule has 0 aliphatic heterocycles. The monoisotopic (exact) mass is 496 g/mol. The Balaban J connectivity index is 0.000000245. The Bertz CT molecular complexity index is 1540. The maximum absolute atomic E-state index is 13.3. The molecule has 2 aromatic carbocycles. The van der Waals surface area contributed by atoms with Gasteiger partial charge in [0.25, 0.3) is 5.56 Å². The molecule has 3 aromatic heterocycles. The molecule has 0 saturated carbocycles. The van der Waals surface area contributed by atoms with Crippen molar-refractivity contribution in [3.05, 3.63) is 125 Å². The molecule has 0 amide bonds. The van der Waals surface area contributed by atoms with Crippen molar-refractivity contribution in [3.8, 4) is 33.8 Å². The topological polar surface area (TPSA) is 88.6 Å². The molecule has 37 heavy (non-hydrogen) atoms. The van der Waals surface area contributed by atoms with E-state index in [2.05, 4.69) is 19.9 Å². The van der Waals surface area contributed by atoms with E-state index in [0.29, 0.717) is 40.2 Å². The molecule has 8 heteroatoms. The van der Waals surface area contributed by atoms with Crippen LogP contribution in [0.15, 0.2) is 102 Å². The van der Waals surface area contributed by atoms with Gasteiger partial charge in [0.2, 0.25) is 0 Å². The fraction of sp³-hybridized carbons (Fsp3) is 0.0690. The summed E-state index contributed by atoms with van der Waals surface area (Å²) in [5.74, 6) is -0.130. The second-order valence-electron chi connectivity index (χ2n) is 8.13. The van der Waals surface area contributed by atoms with Crippen LogP contribution in [-0.4, -0.2) is 25.7 Å². The number of hydrogen-bond acceptors (Lipinski definition) is 5. The lowest BCUT2D eigenvalue weighted by molar-refractivity contribution is -0.116. The molecule has 0 atom stereocenters. The highest BCUT2D eigenvalue weighted by atomic mass is 19.1. The van der Waals surface area contributed by atoms with E-state index in [9.17, 15) is 18.4 Å². The third-order valence-corrected chi connectivity index (χ3v) is 5.29.